The molecule has 9 heteroatoms. The van der Waals surface area contributed by atoms with Crippen molar-refractivity contribution in [3.63, 3.8) is 0 Å². The van der Waals surface area contributed by atoms with E-state index in [4.69, 9.17) is 11.6 Å². The second-order valence-electron chi connectivity index (χ2n) is 9.90. The van der Waals surface area contributed by atoms with Crippen LogP contribution in [0.3, 0.4) is 0 Å². The molecule has 0 aliphatic heterocycles. The van der Waals surface area contributed by atoms with Gasteiger partial charge in [0.25, 0.3) is 10.0 Å². The fraction of sp³-hybridized carbons (Fsp3) is 0.355. The van der Waals surface area contributed by atoms with Crippen LogP contribution in [0.15, 0.2) is 77.7 Å². The summed E-state index contributed by atoms with van der Waals surface area (Å²) in [5, 5.41) is 3.28. The number of carbonyl (C=O) groups is 2. The topological polar surface area (TPSA) is 86.8 Å². The van der Waals surface area contributed by atoms with Crippen molar-refractivity contribution in [1.82, 2.24) is 10.2 Å². The lowest BCUT2D eigenvalue weighted by atomic mass is 10.1. The molecule has 0 bridgehead atoms. The van der Waals surface area contributed by atoms with Crippen molar-refractivity contribution in [1.29, 1.82) is 0 Å². The van der Waals surface area contributed by atoms with Crippen molar-refractivity contribution >= 4 is 39.1 Å². The number of benzene rings is 3. The lowest BCUT2D eigenvalue weighted by molar-refractivity contribution is -0.138. The normalized spacial score (nSPS) is 12.0. The van der Waals surface area contributed by atoms with Crippen molar-refractivity contribution in [2.75, 3.05) is 23.9 Å². The van der Waals surface area contributed by atoms with Crippen LogP contribution in [0.5, 0.6) is 0 Å². The molecule has 1 unspecified atom stereocenters. The third-order valence-corrected chi connectivity index (χ3v) is 9.01. The predicted octanol–water partition coefficient (Wildman–Crippen LogP) is 5.53. The minimum Gasteiger partial charge on any atom is -0.354 e. The smallest absolute Gasteiger partial charge is 0.264 e. The van der Waals surface area contributed by atoms with E-state index < -0.39 is 28.5 Å². The summed E-state index contributed by atoms with van der Waals surface area (Å²) < 4.78 is 28.8. The maximum atomic E-state index is 13.9. The molecule has 7 nitrogen and oxygen atoms in total. The molecule has 0 saturated carbocycles. The van der Waals surface area contributed by atoms with Gasteiger partial charge < -0.3 is 10.2 Å². The molecule has 0 aromatic heterocycles. The van der Waals surface area contributed by atoms with Crippen LogP contribution in [0.1, 0.15) is 43.4 Å². The minimum atomic E-state index is -4.13. The van der Waals surface area contributed by atoms with Crippen molar-refractivity contribution in [2.45, 2.75) is 57.9 Å². The highest BCUT2D eigenvalue weighted by molar-refractivity contribution is 7.92. The number of hydrogen-bond acceptors (Lipinski definition) is 4. The van der Waals surface area contributed by atoms with Crippen molar-refractivity contribution in [3.05, 3.63) is 94.5 Å². The molecule has 3 rings (SSSR count). The van der Waals surface area contributed by atoms with E-state index in [0.717, 1.165) is 33.8 Å². The number of halogens is 1. The summed E-state index contributed by atoms with van der Waals surface area (Å²) >= 11 is 6.37. The van der Waals surface area contributed by atoms with Crippen LogP contribution in [-0.2, 0) is 26.0 Å². The summed E-state index contributed by atoms with van der Waals surface area (Å²) in [6, 6.07) is 20.2. The zero-order valence-corrected chi connectivity index (χ0v) is 25.1. The maximum Gasteiger partial charge on any atom is 0.264 e. The standard InChI is InChI=1S/C31H38ClN3O4S/c1-5-6-19-33-31(37)25(4)34(20-18-26-10-8-7-9-11-26)30(36)22-35(27-15-14-24(3)29(32)21-27)40(38,39)28-16-12-23(2)13-17-28/h7-17,21,25H,5-6,18-20,22H2,1-4H3,(H,33,37). The summed E-state index contributed by atoms with van der Waals surface area (Å²) in [6.45, 7) is 7.66. The summed E-state index contributed by atoms with van der Waals surface area (Å²) in [5.41, 5.74) is 2.97. The van der Waals surface area contributed by atoms with Gasteiger partial charge in [-0.3, -0.25) is 13.9 Å². The number of hydrogen-bond donors (Lipinski definition) is 1. The Labute approximate surface area is 243 Å². The Kier molecular flexibility index (Phi) is 11.2. The fourth-order valence-electron chi connectivity index (χ4n) is 4.21. The van der Waals surface area contributed by atoms with Gasteiger partial charge in [-0.2, -0.15) is 0 Å². The van der Waals surface area contributed by atoms with E-state index in [9.17, 15) is 18.0 Å². The highest BCUT2D eigenvalue weighted by Gasteiger charge is 2.32. The molecule has 0 aliphatic rings. The molecular weight excluding hydrogens is 546 g/mol. The molecule has 0 radical (unpaired) electrons. The van der Waals surface area contributed by atoms with Gasteiger partial charge in [0, 0.05) is 18.1 Å². The number of rotatable bonds is 13. The third kappa shape index (κ3) is 8.08. The van der Waals surface area contributed by atoms with Gasteiger partial charge in [0.2, 0.25) is 11.8 Å². The number of nitrogens with one attached hydrogen (secondary N) is 1. The second-order valence-corrected chi connectivity index (χ2v) is 12.2. The molecule has 0 heterocycles. The first kappa shape index (κ1) is 31.2. The zero-order chi connectivity index (χ0) is 29.3. The third-order valence-electron chi connectivity index (χ3n) is 6.81. The van der Waals surface area contributed by atoms with E-state index in [1.54, 1.807) is 37.3 Å². The van der Waals surface area contributed by atoms with Crippen LogP contribution in [0, 0.1) is 13.8 Å². The van der Waals surface area contributed by atoms with E-state index in [1.165, 1.54) is 17.0 Å². The van der Waals surface area contributed by atoms with Crippen molar-refractivity contribution in [3.8, 4) is 0 Å². The number of anilines is 1. The number of nitrogens with zero attached hydrogens (tertiary/aromatic N) is 2. The monoisotopic (exact) mass is 583 g/mol. The summed E-state index contributed by atoms with van der Waals surface area (Å²) in [5.74, 6) is -0.761. The van der Waals surface area contributed by atoms with Gasteiger partial charge in [-0.15, -0.1) is 0 Å². The van der Waals surface area contributed by atoms with E-state index in [1.807, 2.05) is 51.1 Å². The second kappa shape index (κ2) is 14.3. The number of sulfonamides is 1. The molecule has 0 spiro atoms. The van der Waals surface area contributed by atoms with Crippen LogP contribution in [0.4, 0.5) is 5.69 Å². The molecule has 1 N–H and O–H groups in total. The molecule has 0 aliphatic carbocycles. The van der Waals surface area contributed by atoms with Crippen molar-refractivity contribution < 1.29 is 18.0 Å². The Balaban J connectivity index is 1.97. The highest BCUT2D eigenvalue weighted by atomic mass is 35.5. The fourth-order valence-corrected chi connectivity index (χ4v) is 5.79. The van der Waals surface area contributed by atoms with Crippen LogP contribution in [-0.4, -0.2) is 50.8 Å². The number of aryl methyl sites for hydroxylation is 2. The maximum absolute atomic E-state index is 13.9. The van der Waals surface area contributed by atoms with Gasteiger partial charge in [0.05, 0.1) is 10.6 Å². The molecular formula is C31H38ClN3O4S. The lowest BCUT2D eigenvalue weighted by Crippen LogP contribution is -2.52. The molecule has 40 heavy (non-hydrogen) atoms. The van der Waals surface area contributed by atoms with Crippen LogP contribution in [0.25, 0.3) is 0 Å². The van der Waals surface area contributed by atoms with E-state index in [-0.39, 0.29) is 23.0 Å². The zero-order valence-electron chi connectivity index (χ0n) is 23.6. The predicted molar refractivity (Wildman–Crippen MR) is 161 cm³/mol. The van der Waals surface area contributed by atoms with Gasteiger partial charge in [-0.1, -0.05) is 79.0 Å². The average molecular weight is 584 g/mol. The molecule has 3 aromatic carbocycles. The largest absolute Gasteiger partial charge is 0.354 e. The first-order valence-corrected chi connectivity index (χ1v) is 15.3. The summed E-state index contributed by atoms with van der Waals surface area (Å²) in [4.78, 5) is 28.4. The molecule has 0 saturated heterocycles. The van der Waals surface area contributed by atoms with Gasteiger partial charge in [0.15, 0.2) is 0 Å². The SMILES string of the molecule is CCCCNC(=O)C(C)N(CCc1ccccc1)C(=O)CN(c1ccc(C)c(Cl)c1)S(=O)(=O)c1ccc(C)cc1. The molecule has 1 atom stereocenters. The number of amides is 2. The Morgan fingerprint density at radius 3 is 2.27 bits per heavy atom. The van der Waals surface area contributed by atoms with Gasteiger partial charge >= 0.3 is 0 Å². The first-order valence-electron chi connectivity index (χ1n) is 13.5. The average Bonchev–Trinajstić information content (AvgIpc) is 2.94. The van der Waals surface area contributed by atoms with Gasteiger partial charge in [-0.05, 0) is 69.0 Å². The van der Waals surface area contributed by atoms with Gasteiger partial charge in [0.1, 0.15) is 12.6 Å². The Hall–Kier alpha value is -3.36. The van der Waals surface area contributed by atoms with E-state index in [0.29, 0.717) is 18.0 Å². The van der Waals surface area contributed by atoms with E-state index in [2.05, 4.69) is 5.32 Å². The van der Waals surface area contributed by atoms with Crippen LogP contribution < -0.4 is 9.62 Å². The highest BCUT2D eigenvalue weighted by Crippen LogP contribution is 2.28. The lowest BCUT2D eigenvalue weighted by Gasteiger charge is -2.32. The Morgan fingerprint density at radius 2 is 1.65 bits per heavy atom. The molecule has 2 amide bonds. The first-order chi connectivity index (χ1) is 19.0. The number of carbonyl (C=O) groups excluding carboxylic acids is 2. The minimum absolute atomic E-state index is 0.0591. The molecule has 3 aromatic rings. The summed E-state index contributed by atoms with van der Waals surface area (Å²) in [6.07, 6.45) is 2.27. The molecule has 0 fully saturated rings. The number of unbranched alkanes of at least 4 members (excludes halogenated alkanes) is 1. The van der Waals surface area contributed by atoms with E-state index >= 15 is 0 Å². The van der Waals surface area contributed by atoms with Crippen molar-refractivity contribution in [2.24, 2.45) is 0 Å². The Morgan fingerprint density at radius 1 is 0.975 bits per heavy atom. The Bertz CT molecular complexity index is 1400. The van der Waals surface area contributed by atoms with Crippen LogP contribution in [0.2, 0.25) is 5.02 Å². The van der Waals surface area contributed by atoms with Gasteiger partial charge in [-0.25, -0.2) is 8.42 Å². The summed E-state index contributed by atoms with van der Waals surface area (Å²) in [7, 11) is -4.13. The van der Waals surface area contributed by atoms with Crippen LogP contribution >= 0.6 is 11.6 Å². The molecule has 214 valence electrons. The quantitative estimate of drug-likeness (QED) is 0.268.